The quantitative estimate of drug-likeness (QED) is 0.443. The van der Waals surface area contributed by atoms with E-state index in [-0.39, 0.29) is 18.4 Å². The summed E-state index contributed by atoms with van der Waals surface area (Å²) in [6.45, 7) is 6.48. The van der Waals surface area contributed by atoms with Crippen molar-refractivity contribution in [2.75, 3.05) is 4.90 Å². The first-order chi connectivity index (χ1) is 16.9. The molecule has 2 aromatic heterocycles. The van der Waals surface area contributed by atoms with Gasteiger partial charge in [0.1, 0.15) is 16.9 Å². The number of benzene rings is 2. The van der Waals surface area contributed by atoms with Gasteiger partial charge < -0.3 is 9.73 Å². The molecule has 1 aliphatic rings. The number of amides is 2. The van der Waals surface area contributed by atoms with Gasteiger partial charge >= 0.3 is 0 Å². The number of nitrogens with zero attached hydrogens (tertiary/aromatic N) is 3. The molecule has 4 aromatic rings. The molecule has 0 fully saturated rings. The van der Waals surface area contributed by atoms with E-state index in [4.69, 9.17) is 4.42 Å². The summed E-state index contributed by atoms with van der Waals surface area (Å²) >= 11 is 0. The summed E-state index contributed by atoms with van der Waals surface area (Å²) in [6.07, 6.45) is 2.46. The molecule has 0 radical (unpaired) electrons. The number of carbonyl (C=O) groups is 2. The van der Waals surface area contributed by atoms with Crippen LogP contribution in [0.3, 0.4) is 0 Å². The van der Waals surface area contributed by atoms with E-state index in [0.717, 1.165) is 23.1 Å². The highest BCUT2D eigenvalue weighted by atomic mass is 16.3. The summed E-state index contributed by atoms with van der Waals surface area (Å²) in [5, 5.41) is 7.64. The molecule has 35 heavy (non-hydrogen) atoms. The molecular formula is C28H28N4O3. The highest BCUT2D eigenvalue weighted by molar-refractivity contribution is 6.12. The molecule has 1 aliphatic heterocycles. The largest absolute Gasteiger partial charge is 0.463 e. The van der Waals surface area contributed by atoms with Crippen LogP contribution in [0.4, 0.5) is 5.69 Å². The smallest absolute Gasteiger partial charge is 0.277 e. The Morgan fingerprint density at radius 2 is 1.80 bits per heavy atom. The maximum Gasteiger partial charge on any atom is 0.277 e. The third-order valence-corrected chi connectivity index (χ3v) is 6.59. The average Bonchev–Trinajstić information content (AvgIpc) is 3.54. The average molecular weight is 469 g/mol. The van der Waals surface area contributed by atoms with Gasteiger partial charge in [-0.1, -0.05) is 48.9 Å². The van der Waals surface area contributed by atoms with Crippen LogP contribution in [0.1, 0.15) is 41.0 Å². The third kappa shape index (κ3) is 4.14. The van der Waals surface area contributed by atoms with Gasteiger partial charge in [0.2, 0.25) is 5.91 Å². The molecule has 0 bridgehead atoms. The van der Waals surface area contributed by atoms with Crippen LogP contribution >= 0.6 is 0 Å². The first-order valence-corrected chi connectivity index (χ1v) is 11.8. The molecule has 0 saturated carbocycles. The zero-order valence-electron chi connectivity index (χ0n) is 20.1. The van der Waals surface area contributed by atoms with Crippen LogP contribution in [-0.4, -0.2) is 27.1 Å². The summed E-state index contributed by atoms with van der Waals surface area (Å²) in [6, 6.07) is 21.1. The van der Waals surface area contributed by atoms with Gasteiger partial charge in [-0.3, -0.25) is 19.2 Å². The summed E-state index contributed by atoms with van der Waals surface area (Å²) < 4.78 is 7.10. The van der Waals surface area contributed by atoms with E-state index in [1.807, 2.05) is 55.5 Å². The van der Waals surface area contributed by atoms with Crippen molar-refractivity contribution in [3.05, 3.63) is 95.4 Å². The first kappa shape index (κ1) is 22.7. The Kier molecular flexibility index (Phi) is 5.76. The molecular weight excluding hydrogens is 440 g/mol. The fourth-order valence-corrected chi connectivity index (χ4v) is 4.49. The van der Waals surface area contributed by atoms with Gasteiger partial charge in [-0.05, 0) is 55.7 Å². The predicted octanol–water partition coefficient (Wildman–Crippen LogP) is 4.75. The van der Waals surface area contributed by atoms with E-state index < -0.39 is 5.54 Å². The van der Waals surface area contributed by atoms with Crippen LogP contribution in [0.25, 0.3) is 11.5 Å². The van der Waals surface area contributed by atoms with Crippen molar-refractivity contribution in [2.45, 2.75) is 45.8 Å². The number of aryl methyl sites for hydroxylation is 2. The number of hydrogen-bond donors (Lipinski definition) is 1. The fourth-order valence-electron chi connectivity index (χ4n) is 4.49. The van der Waals surface area contributed by atoms with E-state index in [1.165, 1.54) is 0 Å². The fraction of sp³-hybridized carbons (Fsp3) is 0.250. The lowest BCUT2D eigenvalue weighted by Crippen LogP contribution is -2.64. The van der Waals surface area contributed by atoms with E-state index in [0.29, 0.717) is 29.4 Å². The Bertz CT molecular complexity index is 1350. The van der Waals surface area contributed by atoms with Crippen LogP contribution in [0.2, 0.25) is 0 Å². The normalized spacial score (nSPS) is 17.3. The molecule has 2 amide bonds. The number of hydrogen-bond acceptors (Lipinski definition) is 4. The standard InChI is InChI=1S/C28H28N4O3/c1-4-20-11-13-22(14-12-20)32-26(33)24-16-23(25-6-5-15-35-25)30-31(24)18-28(32,3)27(34)29-17-21-9-7-19(2)8-10-21/h5-16H,4,17-18H2,1-3H3,(H,29,34)/t28-/m1/s1. The maximum atomic E-state index is 13.8. The van der Waals surface area contributed by atoms with Crippen molar-refractivity contribution in [3.63, 3.8) is 0 Å². The summed E-state index contributed by atoms with van der Waals surface area (Å²) in [4.78, 5) is 29.1. The number of carbonyl (C=O) groups excluding carboxylic acids is 2. The Morgan fingerprint density at radius 1 is 1.09 bits per heavy atom. The summed E-state index contributed by atoms with van der Waals surface area (Å²) in [5.74, 6) is 0.0505. The van der Waals surface area contributed by atoms with E-state index in [2.05, 4.69) is 17.3 Å². The van der Waals surface area contributed by atoms with Crippen LogP contribution in [0, 0.1) is 6.92 Å². The Morgan fingerprint density at radius 3 is 2.46 bits per heavy atom. The van der Waals surface area contributed by atoms with Gasteiger partial charge in [0, 0.05) is 18.3 Å². The molecule has 1 N–H and O–H groups in total. The molecule has 3 heterocycles. The number of furan rings is 1. The van der Waals surface area contributed by atoms with Crippen LogP contribution in [0.5, 0.6) is 0 Å². The lowest BCUT2D eigenvalue weighted by molar-refractivity contribution is -0.126. The van der Waals surface area contributed by atoms with E-state index >= 15 is 0 Å². The SMILES string of the molecule is CCc1ccc(N2C(=O)c3cc(-c4ccco4)nn3C[C@]2(C)C(=O)NCc2ccc(C)cc2)cc1. The van der Waals surface area contributed by atoms with Gasteiger partial charge in [-0.25, -0.2) is 0 Å². The molecule has 0 spiro atoms. The lowest BCUT2D eigenvalue weighted by Gasteiger charge is -2.43. The number of rotatable bonds is 6. The lowest BCUT2D eigenvalue weighted by atomic mass is 9.93. The topological polar surface area (TPSA) is 80.4 Å². The number of anilines is 1. The summed E-state index contributed by atoms with van der Waals surface area (Å²) in [7, 11) is 0. The molecule has 0 aliphatic carbocycles. The minimum Gasteiger partial charge on any atom is -0.463 e. The van der Waals surface area contributed by atoms with Crippen LogP contribution in [0.15, 0.2) is 77.4 Å². The molecule has 2 aromatic carbocycles. The van der Waals surface area contributed by atoms with Gasteiger partial charge in [-0.2, -0.15) is 5.10 Å². The van der Waals surface area contributed by atoms with Gasteiger partial charge in [0.25, 0.3) is 5.91 Å². The molecule has 7 nitrogen and oxygen atoms in total. The third-order valence-electron chi connectivity index (χ3n) is 6.59. The van der Waals surface area contributed by atoms with Crippen molar-refractivity contribution in [1.29, 1.82) is 0 Å². The predicted molar refractivity (Wildman–Crippen MR) is 134 cm³/mol. The Hall–Kier alpha value is -4.13. The highest BCUT2D eigenvalue weighted by Gasteiger charge is 2.49. The minimum absolute atomic E-state index is 0.212. The zero-order valence-corrected chi connectivity index (χ0v) is 20.1. The second-order valence-electron chi connectivity index (χ2n) is 9.15. The van der Waals surface area contributed by atoms with Gasteiger partial charge in [-0.15, -0.1) is 0 Å². The number of nitrogens with one attached hydrogen (secondary N) is 1. The molecule has 1 atom stereocenters. The second-order valence-corrected chi connectivity index (χ2v) is 9.15. The molecule has 5 rings (SSSR count). The van der Waals surface area contributed by atoms with Crippen molar-refractivity contribution < 1.29 is 14.0 Å². The zero-order chi connectivity index (χ0) is 24.6. The van der Waals surface area contributed by atoms with Gasteiger partial charge in [0.05, 0.1) is 12.8 Å². The van der Waals surface area contributed by atoms with Crippen LogP contribution in [-0.2, 0) is 24.3 Å². The van der Waals surface area contributed by atoms with Crippen LogP contribution < -0.4 is 10.2 Å². The monoisotopic (exact) mass is 468 g/mol. The Labute approximate surface area is 204 Å². The van der Waals surface area contributed by atoms with E-state index in [1.54, 1.807) is 41.0 Å². The summed E-state index contributed by atoms with van der Waals surface area (Å²) in [5.41, 5.74) is 3.78. The van der Waals surface area contributed by atoms with Gasteiger partial charge in [0.15, 0.2) is 5.76 Å². The van der Waals surface area contributed by atoms with E-state index in [9.17, 15) is 9.59 Å². The minimum atomic E-state index is -1.19. The van der Waals surface area contributed by atoms with Crippen molar-refractivity contribution in [2.24, 2.45) is 0 Å². The maximum absolute atomic E-state index is 13.8. The molecule has 0 saturated heterocycles. The van der Waals surface area contributed by atoms with Crippen molar-refractivity contribution in [3.8, 4) is 11.5 Å². The van der Waals surface area contributed by atoms with Crippen molar-refractivity contribution >= 4 is 17.5 Å². The van der Waals surface area contributed by atoms with Crippen molar-refractivity contribution in [1.82, 2.24) is 15.1 Å². The first-order valence-electron chi connectivity index (χ1n) is 11.8. The molecule has 0 unspecified atom stereocenters. The number of aromatic nitrogens is 2. The Balaban J connectivity index is 1.52. The molecule has 178 valence electrons. The highest BCUT2D eigenvalue weighted by Crippen LogP contribution is 2.34. The molecule has 7 heteroatoms. The second kappa shape index (κ2) is 8.91. The number of fused-ring (bicyclic) bond motifs is 1.